The van der Waals surface area contributed by atoms with Crippen LogP contribution in [0.5, 0.6) is 0 Å². The second-order valence-electron chi connectivity index (χ2n) is 11.8. The van der Waals surface area contributed by atoms with Crippen molar-refractivity contribution >= 4 is 102 Å². The molecule has 0 saturated carbocycles. The normalized spacial score (nSPS) is 12.3. The van der Waals surface area contributed by atoms with E-state index in [0.717, 1.165) is 88.6 Å². The number of furan rings is 1. The number of rotatable bonds is 5. The Hall–Kier alpha value is -6.58. The molecule has 6 heterocycles. The molecule has 0 radical (unpaired) electrons. The van der Waals surface area contributed by atoms with Crippen LogP contribution < -0.4 is 5.32 Å². The van der Waals surface area contributed by atoms with Crippen LogP contribution >= 0.6 is 25.3 Å². The van der Waals surface area contributed by atoms with Gasteiger partial charge in [0.05, 0.1) is 38.8 Å². The van der Waals surface area contributed by atoms with Crippen LogP contribution in [0.25, 0.3) is 82.9 Å². The van der Waals surface area contributed by atoms with Crippen LogP contribution in [0.4, 0.5) is 5.69 Å². The van der Waals surface area contributed by atoms with E-state index in [-0.39, 0.29) is 5.17 Å². The first kappa shape index (κ1) is 29.3. The second kappa shape index (κ2) is 11.2. The number of anilines is 1. The van der Waals surface area contributed by atoms with Crippen molar-refractivity contribution < 1.29 is 4.42 Å². The lowest BCUT2D eigenvalue weighted by atomic mass is 10.1. The third-order valence-electron chi connectivity index (χ3n) is 9.07. The van der Waals surface area contributed by atoms with Gasteiger partial charge in [-0.05, 0) is 113 Å². The second-order valence-corrected chi connectivity index (χ2v) is 12.7. The van der Waals surface area contributed by atoms with Crippen LogP contribution in [0, 0.1) is 5.53 Å². The number of amidine groups is 1. The summed E-state index contributed by atoms with van der Waals surface area (Å²) < 4.78 is 12.4. The summed E-state index contributed by atoms with van der Waals surface area (Å²) in [5, 5.41) is 26.0. The summed E-state index contributed by atoms with van der Waals surface area (Å²) in [4.78, 5) is 9.51. The summed E-state index contributed by atoms with van der Waals surface area (Å²) in [5.74, 6) is 0. The lowest BCUT2D eigenvalue weighted by Crippen LogP contribution is -2.03. The number of nitrogens with one attached hydrogen (secondary N) is 2. The largest absolute Gasteiger partial charge is 0.456 e. The molecule has 10 aromatic rings. The van der Waals surface area contributed by atoms with Crippen molar-refractivity contribution in [3.63, 3.8) is 0 Å². The highest BCUT2D eigenvalue weighted by Gasteiger charge is 2.19. The maximum absolute atomic E-state index is 7.00. The standard InChI is InChI=1S/C36H22N12OS2/c37-43-41-35(50)40-19-5-9-27-25(15-19)33-29(3-1-13-38-33)46(27)20-7-11-31-23(16-20)24-17-21(8-12-32(24)49-31)47-28-10-6-22(48-36(51)42-44-45-48)18-26(28)34-30(47)4-2-14-39-34/h1-18H,(H,42,45,51)(H3,37,40,41,50). The lowest BCUT2D eigenvalue weighted by molar-refractivity contribution is 0.669. The zero-order valence-electron chi connectivity index (χ0n) is 26.2. The minimum atomic E-state index is 0.219. The molecule has 0 spiro atoms. The molecular formula is C36H22N12OS2. The van der Waals surface area contributed by atoms with Gasteiger partial charge in [0.25, 0.3) is 0 Å². The van der Waals surface area contributed by atoms with Crippen molar-refractivity contribution in [2.45, 2.75) is 5.16 Å². The summed E-state index contributed by atoms with van der Waals surface area (Å²) in [6.45, 7) is 0. The first-order chi connectivity index (χ1) is 25.1. The van der Waals surface area contributed by atoms with Crippen molar-refractivity contribution in [2.75, 3.05) is 5.32 Å². The van der Waals surface area contributed by atoms with Gasteiger partial charge in [0.1, 0.15) is 11.2 Å². The number of fused-ring (bicyclic) bond motifs is 9. The smallest absolute Gasteiger partial charge is 0.211 e. The Morgan fingerprint density at radius 2 is 1.27 bits per heavy atom. The molecule has 15 heteroatoms. The maximum atomic E-state index is 7.00. The summed E-state index contributed by atoms with van der Waals surface area (Å²) in [5.41, 5.74) is 17.7. The molecule has 0 fully saturated rings. The van der Waals surface area contributed by atoms with Gasteiger partial charge in [0.15, 0.2) is 5.17 Å². The Balaban J connectivity index is 1.15. The van der Waals surface area contributed by atoms with Gasteiger partial charge in [-0.3, -0.25) is 9.97 Å². The fourth-order valence-electron chi connectivity index (χ4n) is 7.01. The van der Waals surface area contributed by atoms with Gasteiger partial charge in [0, 0.05) is 51.0 Å². The number of nitrogens with zero attached hydrogens (tertiary/aromatic N) is 10. The highest BCUT2D eigenvalue weighted by molar-refractivity contribution is 7.97. The summed E-state index contributed by atoms with van der Waals surface area (Å²) in [7, 11) is 0. The van der Waals surface area contributed by atoms with Gasteiger partial charge in [0.2, 0.25) is 5.16 Å². The van der Waals surface area contributed by atoms with Crippen molar-refractivity contribution in [3.8, 4) is 17.1 Å². The van der Waals surface area contributed by atoms with E-state index in [2.05, 4.69) is 108 Å². The Morgan fingerprint density at radius 3 is 1.88 bits per heavy atom. The van der Waals surface area contributed by atoms with E-state index in [4.69, 9.17) is 19.9 Å². The van der Waals surface area contributed by atoms with Gasteiger partial charge >= 0.3 is 0 Å². The minimum Gasteiger partial charge on any atom is -0.456 e. The monoisotopic (exact) mass is 702 g/mol. The third kappa shape index (κ3) is 4.52. The summed E-state index contributed by atoms with van der Waals surface area (Å²) in [6, 6.07) is 32.6. The zero-order valence-corrected chi connectivity index (χ0v) is 28.0. The number of hydrogen-bond acceptors (Lipinski definition) is 9. The van der Waals surface area contributed by atoms with Gasteiger partial charge in [-0.2, -0.15) is 10.2 Å². The molecule has 6 aromatic heterocycles. The SMILES string of the molecule is N=N/N=C(/S)Nc1ccc2c(c1)c1ncccc1n2-c1ccc2oc3ccc(-n4c5ccc(-n6nnnc6S)cc5c5ncccc54)cc3c2c1. The number of tetrazole rings is 1. The van der Waals surface area contributed by atoms with Crippen LogP contribution in [0.15, 0.2) is 129 Å². The van der Waals surface area contributed by atoms with E-state index in [1.54, 1.807) is 17.1 Å². The van der Waals surface area contributed by atoms with E-state index < -0.39 is 0 Å². The summed E-state index contributed by atoms with van der Waals surface area (Å²) in [6.07, 6.45) is 3.59. The van der Waals surface area contributed by atoms with E-state index in [0.29, 0.717) is 5.16 Å². The fraction of sp³-hybridized carbons (Fsp3) is 0. The van der Waals surface area contributed by atoms with E-state index in [1.165, 1.54) is 0 Å². The maximum Gasteiger partial charge on any atom is 0.211 e. The van der Waals surface area contributed by atoms with Crippen molar-refractivity contribution in [3.05, 3.63) is 109 Å². The number of pyridine rings is 2. The lowest BCUT2D eigenvalue weighted by Gasteiger charge is -2.09. The molecule has 0 aliphatic rings. The predicted molar refractivity (Wildman–Crippen MR) is 203 cm³/mol. The fourth-order valence-corrected chi connectivity index (χ4v) is 7.38. The Kier molecular flexibility index (Phi) is 6.46. The zero-order chi connectivity index (χ0) is 34.2. The van der Waals surface area contributed by atoms with Gasteiger partial charge < -0.3 is 18.9 Å². The third-order valence-corrected chi connectivity index (χ3v) is 9.55. The molecule has 0 bridgehead atoms. The highest BCUT2D eigenvalue weighted by Crippen LogP contribution is 2.38. The molecule has 2 N–H and O–H groups in total. The number of aromatic nitrogens is 8. The molecular weight excluding hydrogens is 681 g/mol. The van der Waals surface area contributed by atoms with Crippen LogP contribution in [-0.4, -0.2) is 44.5 Å². The van der Waals surface area contributed by atoms with Gasteiger partial charge in [-0.15, -0.1) is 35.5 Å². The highest BCUT2D eigenvalue weighted by atomic mass is 32.1. The van der Waals surface area contributed by atoms with Crippen molar-refractivity contribution in [1.29, 1.82) is 5.53 Å². The molecule has 0 atom stereocenters. The molecule has 51 heavy (non-hydrogen) atoms. The molecule has 0 saturated heterocycles. The van der Waals surface area contributed by atoms with E-state index >= 15 is 0 Å². The van der Waals surface area contributed by atoms with Crippen molar-refractivity contribution in [1.82, 2.24) is 39.3 Å². The molecule has 4 aromatic carbocycles. The molecule has 0 aliphatic carbocycles. The molecule has 0 unspecified atom stereocenters. The quantitative estimate of drug-likeness (QED) is 0.0461. The minimum absolute atomic E-state index is 0.219. The number of hydrogen-bond donors (Lipinski definition) is 4. The van der Waals surface area contributed by atoms with Crippen LogP contribution in [0.3, 0.4) is 0 Å². The van der Waals surface area contributed by atoms with Crippen LogP contribution in [0.2, 0.25) is 0 Å². The first-order valence-electron chi connectivity index (χ1n) is 15.7. The van der Waals surface area contributed by atoms with Gasteiger partial charge in [-0.1, -0.05) is 0 Å². The molecule has 244 valence electrons. The number of thiol groups is 2. The average molecular weight is 703 g/mol. The van der Waals surface area contributed by atoms with Crippen LogP contribution in [-0.2, 0) is 0 Å². The topological polar surface area (TPSA) is 153 Å². The summed E-state index contributed by atoms with van der Waals surface area (Å²) >= 11 is 8.68. The van der Waals surface area contributed by atoms with E-state index in [1.807, 2.05) is 54.6 Å². The predicted octanol–water partition coefficient (Wildman–Crippen LogP) is 8.48. The number of benzene rings is 4. The van der Waals surface area contributed by atoms with E-state index in [9.17, 15) is 0 Å². The Labute approximate surface area is 297 Å². The molecule has 0 amide bonds. The Bertz CT molecular complexity index is 3080. The molecule has 13 nitrogen and oxygen atoms in total. The average Bonchev–Trinajstić information content (AvgIpc) is 3.91. The Morgan fingerprint density at radius 1 is 0.686 bits per heavy atom. The van der Waals surface area contributed by atoms with Gasteiger partial charge in [-0.25, -0.2) is 0 Å². The molecule has 0 aliphatic heterocycles. The molecule has 10 rings (SSSR count). The first-order valence-corrected chi connectivity index (χ1v) is 16.6. The van der Waals surface area contributed by atoms with Crippen LogP contribution in [0.1, 0.15) is 0 Å². The van der Waals surface area contributed by atoms with Crippen molar-refractivity contribution in [2.24, 2.45) is 10.3 Å².